The van der Waals surface area contributed by atoms with Crippen molar-refractivity contribution in [1.29, 1.82) is 0 Å². The lowest BCUT2D eigenvalue weighted by Crippen LogP contribution is -2.52. The zero-order chi connectivity index (χ0) is 22.2. The normalized spacial score (nSPS) is 18.0. The molecule has 0 saturated carbocycles. The molecule has 3 rings (SSSR count). The lowest BCUT2D eigenvalue weighted by molar-refractivity contribution is -0.136. The molecule has 9 heteroatoms. The minimum absolute atomic E-state index is 0.162. The standard InChI is InChI=1S/C22H30N4O5/c27-19-11-10-18(20(28)25-19)26-14-16-15(21(26)29)8-7-9-17(16)23-12-5-3-1-2-4-6-13-24-22(30)31/h7-9,18,23-24H,1-6,10-14H2,(H,30,31)(H,25,27,28). The van der Waals surface area contributed by atoms with E-state index in [2.05, 4.69) is 16.0 Å². The number of benzene rings is 1. The second kappa shape index (κ2) is 10.8. The Morgan fingerprint density at radius 1 is 1.06 bits per heavy atom. The van der Waals surface area contributed by atoms with Crippen molar-refractivity contribution in [2.75, 3.05) is 18.4 Å². The predicted molar refractivity (Wildman–Crippen MR) is 115 cm³/mol. The van der Waals surface area contributed by atoms with E-state index in [1.54, 1.807) is 11.0 Å². The summed E-state index contributed by atoms with van der Waals surface area (Å²) in [5, 5.41) is 16.6. The number of hydrogen-bond donors (Lipinski definition) is 4. The van der Waals surface area contributed by atoms with Gasteiger partial charge in [-0.15, -0.1) is 0 Å². The van der Waals surface area contributed by atoms with Crippen molar-refractivity contribution >= 4 is 29.5 Å². The molecule has 2 aliphatic rings. The minimum atomic E-state index is -0.972. The number of carboxylic acid groups (broad SMARTS) is 1. The number of fused-ring (bicyclic) bond motifs is 1. The van der Waals surface area contributed by atoms with Crippen LogP contribution in [0, 0.1) is 0 Å². The topological polar surface area (TPSA) is 128 Å². The molecule has 4 amide bonds. The largest absolute Gasteiger partial charge is 0.465 e. The van der Waals surface area contributed by atoms with Crippen molar-refractivity contribution in [2.45, 2.75) is 64.0 Å². The summed E-state index contributed by atoms with van der Waals surface area (Å²) in [4.78, 5) is 48.4. The van der Waals surface area contributed by atoms with Crippen molar-refractivity contribution in [1.82, 2.24) is 15.5 Å². The second-order valence-electron chi connectivity index (χ2n) is 8.01. The van der Waals surface area contributed by atoms with Crippen molar-refractivity contribution in [3.05, 3.63) is 29.3 Å². The molecule has 2 heterocycles. The van der Waals surface area contributed by atoms with E-state index in [4.69, 9.17) is 5.11 Å². The number of unbranched alkanes of at least 4 members (excludes halogenated alkanes) is 5. The third-order valence-corrected chi connectivity index (χ3v) is 5.78. The number of nitrogens with one attached hydrogen (secondary N) is 3. The van der Waals surface area contributed by atoms with Gasteiger partial charge in [0.15, 0.2) is 0 Å². The van der Waals surface area contributed by atoms with E-state index in [0.717, 1.165) is 56.3 Å². The van der Waals surface area contributed by atoms with E-state index in [1.165, 1.54) is 0 Å². The fraction of sp³-hybridized carbons (Fsp3) is 0.545. The van der Waals surface area contributed by atoms with Crippen LogP contribution >= 0.6 is 0 Å². The molecule has 1 unspecified atom stereocenters. The van der Waals surface area contributed by atoms with Gasteiger partial charge in [-0.25, -0.2) is 4.79 Å². The third kappa shape index (κ3) is 5.96. The van der Waals surface area contributed by atoms with Gasteiger partial charge in [-0.05, 0) is 31.4 Å². The first kappa shape index (κ1) is 22.6. The molecule has 168 valence electrons. The first-order valence-electron chi connectivity index (χ1n) is 10.9. The van der Waals surface area contributed by atoms with Crippen LogP contribution in [0.5, 0.6) is 0 Å². The number of imide groups is 1. The van der Waals surface area contributed by atoms with E-state index in [0.29, 0.717) is 25.1 Å². The fourth-order valence-corrected chi connectivity index (χ4v) is 4.13. The molecule has 0 bridgehead atoms. The maximum Gasteiger partial charge on any atom is 0.404 e. The molecule has 9 nitrogen and oxygen atoms in total. The van der Waals surface area contributed by atoms with Crippen molar-refractivity contribution in [3.8, 4) is 0 Å². The number of nitrogens with zero attached hydrogens (tertiary/aromatic N) is 1. The highest BCUT2D eigenvalue weighted by Crippen LogP contribution is 2.32. The van der Waals surface area contributed by atoms with Crippen molar-refractivity contribution < 1.29 is 24.3 Å². The van der Waals surface area contributed by atoms with Crippen LogP contribution in [0.4, 0.5) is 10.5 Å². The van der Waals surface area contributed by atoms with Crippen LogP contribution in [-0.4, -0.2) is 53.0 Å². The Labute approximate surface area is 181 Å². The second-order valence-corrected chi connectivity index (χ2v) is 8.01. The molecule has 2 aliphatic heterocycles. The van der Waals surface area contributed by atoms with Crippen LogP contribution in [-0.2, 0) is 16.1 Å². The van der Waals surface area contributed by atoms with Crippen molar-refractivity contribution in [2.24, 2.45) is 0 Å². The van der Waals surface area contributed by atoms with Crippen LogP contribution in [0.25, 0.3) is 0 Å². The van der Waals surface area contributed by atoms with Gasteiger partial charge in [-0.3, -0.25) is 19.7 Å². The third-order valence-electron chi connectivity index (χ3n) is 5.78. The Bertz CT molecular complexity index is 841. The fourth-order valence-electron chi connectivity index (χ4n) is 4.13. The van der Waals surface area contributed by atoms with Gasteiger partial charge in [0.25, 0.3) is 5.91 Å². The average molecular weight is 431 g/mol. The predicted octanol–water partition coefficient (Wildman–Crippen LogP) is 2.47. The van der Waals surface area contributed by atoms with Crippen LogP contribution in [0.15, 0.2) is 18.2 Å². The number of piperidine rings is 1. The SMILES string of the molecule is O=C(O)NCCCCCCCCNc1cccc2c1CN(C1CCC(=O)NC1=O)C2=O. The zero-order valence-corrected chi connectivity index (χ0v) is 17.6. The molecule has 4 N–H and O–H groups in total. The summed E-state index contributed by atoms with van der Waals surface area (Å²) in [6.45, 7) is 1.67. The molecular weight excluding hydrogens is 400 g/mol. The average Bonchev–Trinajstić information content (AvgIpc) is 3.06. The molecule has 0 spiro atoms. The molecule has 1 aromatic rings. The van der Waals surface area contributed by atoms with Crippen molar-refractivity contribution in [3.63, 3.8) is 0 Å². The van der Waals surface area contributed by atoms with Gasteiger partial charge in [0.1, 0.15) is 6.04 Å². The lowest BCUT2D eigenvalue weighted by atomic mass is 10.0. The molecule has 1 fully saturated rings. The van der Waals surface area contributed by atoms with E-state index in [9.17, 15) is 19.2 Å². The summed E-state index contributed by atoms with van der Waals surface area (Å²) in [5.41, 5.74) is 2.44. The van der Waals surface area contributed by atoms with Gasteiger partial charge in [0.05, 0.1) is 0 Å². The molecule has 0 aromatic heterocycles. The van der Waals surface area contributed by atoms with Crippen LogP contribution < -0.4 is 16.0 Å². The quantitative estimate of drug-likeness (QED) is 0.315. The Kier molecular flexibility index (Phi) is 7.86. The van der Waals surface area contributed by atoms with E-state index in [1.807, 2.05) is 12.1 Å². The van der Waals surface area contributed by atoms with Gasteiger partial charge in [0, 0.05) is 42.9 Å². The molecule has 1 saturated heterocycles. The highest BCUT2D eigenvalue weighted by atomic mass is 16.4. The number of rotatable bonds is 11. The summed E-state index contributed by atoms with van der Waals surface area (Å²) in [5.74, 6) is -0.846. The summed E-state index contributed by atoms with van der Waals surface area (Å²) in [6.07, 6.45) is 5.77. The number of carbonyl (C=O) groups excluding carboxylic acids is 3. The Morgan fingerprint density at radius 3 is 2.48 bits per heavy atom. The number of hydrogen-bond acceptors (Lipinski definition) is 5. The maximum absolute atomic E-state index is 12.8. The summed E-state index contributed by atoms with van der Waals surface area (Å²) >= 11 is 0. The monoisotopic (exact) mass is 430 g/mol. The van der Waals surface area contributed by atoms with Crippen LogP contribution in [0.2, 0.25) is 0 Å². The van der Waals surface area contributed by atoms with E-state index in [-0.39, 0.29) is 18.2 Å². The number of amides is 4. The Morgan fingerprint density at radius 2 is 1.77 bits per heavy atom. The van der Waals surface area contributed by atoms with Gasteiger partial charge in [0.2, 0.25) is 11.8 Å². The molecule has 1 aromatic carbocycles. The molecule has 1 atom stereocenters. The van der Waals surface area contributed by atoms with E-state index < -0.39 is 18.0 Å². The molecule has 0 aliphatic carbocycles. The van der Waals surface area contributed by atoms with Crippen LogP contribution in [0.3, 0.4) is 0 Å². The highest BCUT2D eigenvalue weighted by molar-refractivity contribution is 6.06. The summed E-state index contributed by atoms with van der Waals surface area (Å²) < 4.78 is 0. The van der Waals surface area contributed by atoms with Gasteiger partial charge in [-0.2, -0.15) is 0 Å². The number of carbonyl (C=O) groups is 4. The molecule has 0 radical (unpaired) electrons. The Hall–Kier alpha value is -3.10. The molecule has 31 heavy (non-hydrogen) atoms. The van der Waals surface area contributed by atoms with Gasteiger partial charge < -0.3 is 20.6 Å². The maximum atomic E-state index is 12.8. The minimum Gasteiger partial charge on any atom is -0.465 e. The summed E-state index contributed by atoms with van der Waals surface area (Å²) in [7, 11) is 0. The molecular formula is C22H30N4O5. The van der Waals surface area contributed by atoms with Gasteiger partial charge >= 0.3 is 6.09 Å². The van der Waals surface area contributed by atoms with Crippen LogP contribution in [0.1, 0.15) is 67.3 Å². The van der Waals surface area contributed by atoms with Gasteiger partial charge in [-0.1, -0.05) is 31.7 Å². The first-order chi connectivity index (χ1) is 15.0. The van der Waals surface area contributed by atoms with E-state index >= 15 is 0 Å². The smallest absolute Gasteiger partial charge is 0.404 e. The highest BCUT2D eigenvalue weighted by Gasteiger charge is 2.39. The zero-order valence-electron chi connectivity index (χ0n) is 17.6. The Balaban J connectivity index is 1.42. The number of anilines is 1. The first-order valence-corrected chi connectivity index (χ1v) is 10.9. The lowest BCUT2D eigenvalue weighted by Gasteiger charge is -2.29. The summed E-state index contributed by atoms with van der Waals surface area (Å²) in [6, 6.07) is 4.98.